The van der Waals surface area contributed by atoms with Gasteiger partial charge in [-0.1, -0.05) is 34.7 Å². The van der Waals surface area contributed by atoms with Crippen molar-refractivity contribution in [1.82, 2.24) is 15.5 Å². The van der Waals surface area contributed by atoms with E-state index in [0.717, 1.165) is 22.3 Å². The van der Waals surface area contributed by atoms with Gasteiger partial charge in [0, 0.05) is 6.54 Å². The van der Waals surface area contributed by atoms with Gasteiger partial charge in [0.15, 0.2) is 4.34 Å². The van der Waals surface area contributed by atoms with Gasteiger partial charge < -0.3 is 5.32 Å². The fourth-order valence-electron chi connectivity index (χ4n) is 2.15. The Balaban J connectivity index is 1.69. The van der Waals surface area contributed by atoms with Crippen molar-refractivity contribution in [2.75, 3.05) is 6.54 Å². The van der Waals surface area contributed by atoms with E-state index in [9.17, 15) is 4.79 Å². The maximum Gasteiger partial charge on any atom is 0.233 e. The minimum Gasteiger partial charge on any atom is -0.355 e. The average Bonchev–Trinajstić information content (AvgIpc) is 2.85. The number of nitrogens with zero attached hydrogens (tertiary/aromatic N) is 2. The molecule has 1 aromatic heterocycles. The lowest BCUT2D eigenvalue weighted by Gasteiger charge is -2.14. The first kappa shape index (κ1) is 15.5. The molecule has 0 fully saturated rings. The standard InChI is InChI=1S/C14H21N3OS2/c1-10(19-14-17-16-11(2)20-14)13(18)15-9-8-12-6-4-3-5-7-12/h6,10H,3-5,7-9H2,1-2H3,(H,15,18). The number of hydrogen-bond donors (Lipinski definition) is 1. The molecule has 0 aliphatic heterocycles. The van der Waals surface area contributed by atoms with Crippen molar-refractivity contribution >= 4 is 29.0 Å². The number of carbonyl (C=O) groups is 1. The lowest BCUT2D eigenvalue weighted by molar-refractivity contribution is -0.120. The SMILES string of the molecule is Cc1nnc(SC(C)C(=O)NCCC2=CCCCC2)s1. The molecular weight excluding hydrogens is 290 g/mol. The molecule has 6 heteroatoms. The Kier molecular flexibility index (Phi) is 6.04. The van der Waals surface area contributed by atoms with Gasteiger partial charge in [0.1, 0.15) is 5.01 Å². The summed E-state index contributed by atoms with van der Waals surface area (Å²) in [4.78, 5) is 12.0. The van der Waals surface area contributed by atoms with E-state index in [1.807, 2.05) is 13.8 Å². The summed E-state index contributed by atoms with van der Waals surface area (Å²) in [6.45, 7) is 4.58. The van der Waals surface area contributed by atoms with Gasteiger partial charge in [-0.15, -0.1) is 10.2 Å². The zero-order valence-corrected chi connectivity index (χ0v) is 13.6. The van der Waals surface area contributed by atoms with Crippen molar-refractivity contribution in [3.63, 3.8) is 0 Å². The maximum atomic E-state index is 12.0. The highest BCUT2D eigenvalue weighted by Crippen LogP contribution is 2.26. The third-order valence-corrected chi connectivity index (χ3v) is 5.31. The molecule has 0 saturated heterocycles. The predicted molar refractivity (Wildman–Crippen MR) is 84.1 cm³/mol. The quantitative estimate of drug-likeness (QED) is 0.647. The Labute approximate surface area is 128 Å². The van der Waals surface area contributed by atoms with E-state index in [1.54, 1.807) is 0 Å². The van der Waals surface area contributed by atoms with Crippen LogP contribution in [0.25, 0.3) is 0 Å². The van der Waals surface area contributed by atoms with E-state index in [2.05, 4.69) is 21.6 Å². The molecule has 0 saturated carbocycles. The molecule has 1 atom stereocenters. The van der Waals surface area contributed by atoms with E-state index >= 15 is 0 Å². The number of nitrogens with one attached hydrogen (secondary N) is 1. The van der Waals surface area contributed by atoms with Gasteiger partial charge in [0.05, 0.1) is 5.25 Å². The first-order valence-corrected chi connectivity index (χ1v) is 8.77. The maximum absolute atomic E-state index is 12.0. The molecule has 0 radical (unpaired) electrons. The summed E-state index contributed by atoms with van der Waals surface area (Å²) >= 11 is 3.01. The van der Waals surface area contributed by atoms with Crippen molar-refractivity contribution in [3.8, 4) is 0 Å². The van der Waals surface area contributed by atoms with Crippen LogP contribution in [0.5, 0.6) is 0 Å². The molecule has 110 valence electrons. The molecular formula is C14H21N3OS2. The Morgan fingerprint density at radius 2 is 2.35 bits per heavy atom. The zero-order chi connectivity index (χ0) is 14.4. The molecule has 1 N–H and O–H groups in total. The second kappa shape index (κ2) is 7.78. The van der Waals surface area contributed by atoms with Crippen LogP contribution >= 0.6 is 23.1 Å². The third-order valence-electron chi connectivity index (χ3n) is 3.28. The van der Waals surface area contributed by atoms with E-state index in [-0.39, 0.29) is 11.2 Å². The zero-order valence-electron chi connectivity index (χ0n) is 12.0. The number of aromatic nitrogens is 2. The van der Waals surface area contributed by atoms with Crippen LogP contribution in [0.2, 0.25) is 0 Å². The van der Waals surface area contributed by atoms with E-state index in [1.165, 1.54) is 54.4 Å². The van der Waals surface area contributed by atoms with Gasteiger partial charge in [-0.2, -0.15) is 0 Å². The second-order valence-electron chi connectivity index (χ2n) is 5.00. The number of carbonyl (C=O) groups excluding carboxylic acids is 1. The smallest absolute Gasteiger partial charge is 0.233 e. The number of amides is 1. The van der Waals surface area contributed by atoms with Crippen molar-refractivity contribution in [3.05, 3.63) is 16.7 Å². The second-order valence-corrected chi connectivity index (χ2v) is 7.77. The van der Waals surface area contributed by atoms with Crippen LogP contribution in [0.1, 0.15) is 44.0 Å². The number of allylic oxidation sites excluding steroid dienone is 1. The minimum atomic E-state index is -0.123. The molecule has 1 heterocycles. The number of thioether (sulfide) groups is 1. The van der Waals surface area contributed by atoms with Gasteiger partial charge in [-0.05, 0) is 46.0 Å². The summed E-state index contributed by atoms with van der Waals surface area (Å²) in [5.41, 5.74) is 1.50. The molecule has 1 aliphatic carbocycles. The first-order chi connectivity index (χ1) is 9.65. The lowest BCUT2D eigenvalue weighted by atomic mass is 9.97. The fraction of sp³-hybridized carbons (Fsp3) is 0.643. The van der Waals surface area contributed by atoms with Crippen molar-refractivity contribution in [1.29, 1.82) is 0 Å². The van der Waals surface area contributed by atoms with Gasteiger partial charge in [-0.25, -0.2) is 0 Å². The topological polar surface area (TPSA) is 54.9 Å². The molecule has 0 spiro atoms. The summed E-state index contributed by atoms with van der Waals surface area (Å²) in [6, 6.07) is 0. The van der Waals surface area contributed by atoms with Gasteiger partial charge in [0.25, 0.3) is 0 Å². The fourth-order valence-corrected chi connectivity index (χ4v) is 4.14. The van der Waals surface area contributed by atoms with E-state index in [0.29, 0.717) is 0 Å². The Morgan fingerprint density at radius 1 is 1.50 bits per heavy atom. The van der Waals surface area contributed by atoms with Gasteiger partial charge in [-0.3, -0.25) is 4.79 Å². The van der Waals surface area contributed by atoms with Crippen LogP contribution in [0.3, 0.4) is 0 Å². The van der Waals surface area contributed by atoms with Crippen LogP contribution in [-0.4, -0.2) is 27.9 Å². The first-order valence-electron chi connectivity index (χ1n) is 7.07. The molecule has 4 nitrogen and oxygen atoms in total. The van der Waals surface area contributed by atoms with Crippen LogP contribution in [0.15, 0.2) is 16.0 Å². The molecule has 2 rings (SSSR count). The molecule has 1 aliphatic rings. The predicted octanol–water partition coefficient (Wildman–Crippen LogP) is 3.33. The van der Waals surface area contributed by atoms with E-state index in [4.69, 9.17) is 0 Å². The average molecular weight is 311 g/mol. The summed E-state index contributed by atoms with van der Waals surface area (Å²) in [5.74, 6) is 0.0827. The van der Waals surface area contributed by atoms with Crippen LogP contribution in [0.4, 0.5) is 0 Å². The Bertz CT molecular complexity index is 485. The summed E-state index contributed by atoms with van der Waals surface area (Å²) in [7, 11) is 0. The molecule has 20 heavy (non-hydrogen) atoms. The van der Waals surface area contributed by atoms with Gasteiger partial charge in [0.2, 0.25) is 5.91 Å². The third kappa shape index (κ3) is 4.90. The van der Waals surface area contributed by atoms with Crippen molar-refractivity contribution < 1.29 is 4.79 Å². The summed E-state index contributed by atoms with van der Waals surface area (Å²) in [6.07, 6.45) is 8.32. The normalized spacial score (nSPS) is 16.6. The molecule has 0 bridgehead atoms. The van der Waals surface area contributed by atoms with Crippen molar-refractivity contribution in [2.24, 2.45) is 0 Å². The minimum absolute atomic E-state index is 0.0827. The van der Waals surface area contributed by atoms with Crippen LogP contribution in [-0.2, 0) is 4.79 Å². The molecule has 0 aromatic carbocycles. The van der Waals surface area contributed by atoms with Crippen molar-refractivity contribution in [2.45, 2.75) is 55.5 Å². The molecule has 1 amide bonds. The highest BCUT2D eigenvalue weighted by Gasteiger charge is 2.16. The highest BCUT2D eigenvalue weighted by molar-refractivity contribution is 8.02. The number of rotatable bonds is 6. The molecule has 1 unspecified atom stereocenters. The highest BCUT2D eigenvalue weighted by atomic mass is 32.2. The monoisotopic (exact) mass is 311 g/mol. The number of hydrogen-bond acceptors (Lipinski definition) is 5. The Morgan fingerprint density at radius 3 is 3.00 bits per heavy atom. The van der Waals surface area contributed by atoms with Gasteiger partial charge >= 0.3 is 0 Å². The number of aryl methyl sites for hydroxylation is 1. The Hall–Kier alpha value is -0.880. The molecule has 1 aromatic rings. The van der Waals surface area contributed by atoms with Crippen LogP contribution in [0, 0.1) is 6.92 Å². The lowest BCUT2D eigenvalue weighted by Crippen LogP contribution is -2.31. The van der Waals surface area contributed by atoms with Crippen LogP contribution < -0.4 is 5.32 Å². The van der Waals surface area contributed by atoms with E-state index < -0.39 is 0 Å². The summed E-state index contributed by atoms with van der Waals surface area (Å²) in [5, 5.41) is 11.8. The largest absolute Gasteiger partial charge is 0.355 e. The summed E-state index contributed by atoms with van der Waals surface area (Å²) < 4.78 is 0.861.